The third-order valence-electron chi connectivity index (χ3n) is 3.55. The highest BCUT2D eigenvalue weighted by Crippen LogP contribution is 2.25. The fourth-order valence-electron chi connectivity index (χ4n) is 2.21. The van der Waals surface area contributed by atoms with Gasteiger partial charge in [-0.2, -0.15) is 0 Å². The van der Waals surface area contributed by atoms with Crippen LogP contribution in [-0.2, 0) is 19.4 Å². The van der Waals surface area contributed by atoms with Gasteiger partial charge in [0, 0.05) is 6.26 Å². The predicted octanol–water partition coefficient (Wildman–Crippen LogP) is 2.86. The van der Waals surface area contributed by atoms with E-state index in [9.17, 15) is 18.0 Å². The summed E-state index contributed by atoms with van der Waals surface area (Å²) in [5.41, 5.74) is 1.21. The molecule has 0 aliphatic carbocycles. The molecule has 0 saturated carbocycles. The van der Waals surface area contributed by atoms with Crippen molar-refractivity contribution in [3.8, 4) is 5.75 Å². The van der Waals surface area contributed by atoms with Crippen molar-refractivity contribution in [1.29, 1.82) is 0 Å². The number of benzene rings is 2. The molecule has 144 valence electrons. The summed E-state index contributed by atoms with van der Waals surface area (Å²) in [6.07, 6.45) is 1.01. The van der Waals surface area contributed by atoms with Gasteiger partial charge in [-0.25, -0.2) is 13.2 Å². The number of esters is 1. The zero-order valence-corrected chi connectivity index (χ0v) is 16.5. The quantitative estimate of drug-likeness (QED) is 0.734. The van der Waals surface area contributed by atoms with E-state index in [4.69, 9.17) is 21.1 Å². The number of hydrogen-bond donors (Lipinski definition) is 1. The second-order valence-electron chi connectivity index (χ2n) is 5.74. The molecule has 0 unspecified atom stereocenters. The second-order valence-corrected chi connectivity index (χ2v) is 8.16. The normalized spacial score (nSPS) is 11.0. The maximum atomic E-state index is 12.2. The van der Waals surface area contributed by atoms with E-state index in [0.717, 1.165) is 17.9 Å². The maximum Gasteiger partial charge on any atom is 0.340 e. The van der Waals surface area contributed by atoms with Crippen molar-refractivity contribution >= 4 is 39.0 Å². The number of ether oxygens (including phenoxy) is 2. The molecule has 1 N–H and O–H groups in total. The number of aryl methyl sites for hydroxylation is 1. The first-order valence-corrected chi connectivity index (χ1v) is 10.00. The van der Waals surface area contributed by atoms with Gasteiger partial charge in [0.1, 0.15) is 5.75 Å². The van der Waals surface area contributed by atoms with Crippen LogP contribution in [0, 0.1) is 6.92 Å². The van der Waals surface area contributed by atoms with Crippen LogP contribution in [-0.4, -0.2) is 40.3 Å². The highest BCUT2D eigenvalue weighted by Gasteiger charge is 2.18. The van der Waals surface area contributed by atoms with Crippen molar-refractivity contribution in [2.45, 2.75) is 11.8 Å². The first-order valence-electron chi connectivity index (χ1n) is 7.73. The lowest BCUT2D eigenvalue weighted by molar-refractivity contribution is -0.119. The first-order chi connectivity index (χ1) is 12.6. The van der Waals surface area contributed by atoms with Gasteiger partial charge in [0.15, 0.2) is 16.4 Å². The van der Waals surface area contributed by atoms with E-state index < -0.39 is 28.3 Å². The molecule has 2 aromatic rings. The van der Waals surface area contributed by atoms with Gasteiger partial charge in [-0.05, 0) is 42.8 Å². The zero-order valence-electron chi connectivity index (χ0n) is 14.9. The van der Waals surface area contributed by atoms with Crippen LogP contribution in [0.25, 0.3) is 0 Å². The summed E-state index contributed by atoms with van der Waals surface area (Å²) in [4.78, 5) is 24.2. The molecule has 0 heterocycles. The Labute approximate surface area is 162 Å². The number of nitrogens with one attached hydrogen (secondary N) is 1. The average molecular weight is 412 g/mol. The van der Waals surface area contributed by atoms with Gasteiger partial charge in [-0.1, -0.05) is 17.7 Å². The number of anilines is 1. The van der Waals surface area contributed by atoms with Crippen molar-refractivity contribution in [1.82, 2.24) is 0 Å². The summed E-state index contributed by atoms with van der Waals surface area (Å²) in [6, 6.07) is 8.92. The van der Waals surface area contributed by atoms with Crippen molar-refractivity contribution in [3.05, 3.63) is 52.5 Å². The molecule has 0 radical (unpaired) electrons. The number of methoxy groups -OCH3 is 1. The van der Waals surface area contributed by atoms with Crippen LogP contribution in [0.4, 0.5) is 5.69 Å². The third-order valence-corrected chi connectivity index (χ3v) is 4.99. The molecular weight excluding hydrogens is 394 g/mol. The minimum atomic E-state index is -3.52. The van der Waals surface area contributed by atoms with E-state index in [2.05, 4.69) is 5.32 Å². The molecule has 0 saturated heterocycles. The molecule has 0 fully saturated rings. The number of sulfone groups is 1. The van der Waals surface area contributed by atoms with Crippen molar-refractivity contribution in [2.24, 2.45) is 0 Å². The van der Waals surface area contributed by atoms with Crippen LogP contribution in [0.2, 0.25) is 5.02 Å². The molecule has 2 aromatic carbocycles. The molecule has 1 amide bonds. The van der Waals surface area contributed by atoms with Crippen LogP contribution in [0.3, 0.4) is 0 Å². The fourth-order valence-corrected chi connectivity index (χ4v) is 3.05. The highest BCUT2D eigenvalue weighted by atomic mass is 35.5. The summed E-state index contributed by atoms with van der Waals surface area (Å²) >= 11 is 5.93. The molecule has 7 nitrogen and oxygen atoms in total. The Kier molecular flexibility index (Phi) is 6.45. The molecular formula is C18H18ClNO6S. The Morgan fingerprint density at radius 3 is 2.48 bits per heavy atom. The Morgan fingerprint density at radius 2 is 1.85 bits per heavy atom. The molecule has 0 aromatic heterocycles. The molecule has 0 aliphatic rings. The van der Waals surface area contributed by atoms with Gasteiger partial charge in [-0.3, -0.25) is 4.79 Å². The Hall–Kier alpha value is -2.58. The van der Waals surface area contributed by atoms with Crippen LogP contribution in [0.5, 0.6) is 5.75 Å². The third kappa shape index (κ3) is 5.45. The summed E-state index contributed by atoms with van der Waals surface area (Å²) in [7, 11) is -2.05. The standard InChI is InChI=1S/C18H18ClNO6S/c1-11-4-7-16(25-2)15(8-11)20-17(21)10-26-18(22)13-9-12(27(3,23)24)5-6-14(13)19/h4-9H,10H2,1-3H3,(H,20,21). The van der Waals surface area contributed by atoms with E-state index in [1.807, 2.05) is 13.0 Å². The number of carbonyl (C=O) groups excluding carboxylic acids is 2. The predicted molar refractivity (Wildman–Crippen MR) is 101 cm³/mol. The lowest BCUT2D eigenvalue weighted by Crippen LogP contribution is -2.21. The molecule has 27 heavy (non-hydrogen) atoms. The monoisotopic (exact) mass is 411 g/mol. The minimum Gasteiger partial charge on any atom is -0.495 e. The molecule has 0 atom stereocenters. The Balaban J connectivity index is 2.08. The lowest BCUT2D eigenvalue weighted by atomic mass is 10.2. The lowest BCUT2D eigenvalue weighted by Gasteiger charge is -2.11. The zero-order chi connectivity index (χ0) is 20.2. The van der Waals surface area contributed by atoms with E-state index in [-0.39, 0.29) is 15.5 Å². The average Bonchev–Trinajstić information content (AvgIpc) is 2.59. The van der Waals surface area contributed by atoms with E-state index >= 15 is 0 Å². The molecule has 2 rings (SSSR count). The Morgan fingerprint density at radius 1 is 1.15 bits per heavy atom. The molecule has 0 spiro atoms. The van der Waals surface area contributed by atoms with Crippen molar-refractivity contribution in [2.75, 3.05) is 25.3 Å². The number of amides is 1. The van der Waals surface area contributed by atoms with E-state index in [1.54, 1.807) is 12.1 Å². The fraction of sp³-hybridized carbons (Fsp3) is 0.222. The Bertz CT molecular complexity index is 987. The van der Waals surface area contributed by atoms with E-state index in [1.165, 1.54) is 19.2 Å². The van der Waals surface area contributed by atoms with Crippen LogP contribution < -0.4 is 10.1 Å². The maximum absolute atomic E-state index is 12.2. The van der Waals surface area contributed by atoms with Gasteiger partial charge < -0.3 is 14.8 Å². The van der Waals surface area contributed by atoms with Gasteiger partial charge in [-0.15, -0.1) is 0 Å². The number of hydrogen-bond acceptors (Lipinski definition) is 6. The molecule has 9 heteroatoms. The minimum absolute atomic E-state index is 0.0214. The van der Waals surface area contributed by atoms with Gasteiger partial charge in [0.2, 0.25) is 0 Å². The summed E-state index contributed by atoms with van der Waals surface area (Å²) in [5.74, 6) is -1.02. The molecule has 0 aliphatic heterocycles. The van der Waals surface area contributed by atoms with Crippen LogP contribution in [0.15, 0.2) is 41.3 Å². The first kappa shape index (κ1) is 20.7. The van der Waals surface area contributed by atoms with Crippen molar-refractivity contribution in [3.63, 3.8) is 0 Å². The largest absolute Gasteiger partial charge is 0.495 e. The van der Waals surface area contributed by atoms with Gasteiger partial charge in [0.05, 0.1) is 28.3 Å². The van der Waals surface area contributed by atoms with Gasteiger partial charge >= 0.3 is 5.97 Å². The summed E-state index contributed by atoms with van der Waals surface area (Å²) in [6.45, 7) is 1.28. The second kappa shape index (κ2) is 8.41. The molecule has 0 bridgehead atoms. The summed E-state index contributed by atoms with van der Waals surface area (Å²) < 4.78 is 33.3. The number of carbonyl (C=O) groups is 2. The van der Waals surface area contributed by atoms with E-state index in [0.29, 0.717) is 11.4 Å². The van der Waals surface area contributed by atoms with Crippen LogP contribution in [0.1, 0.15) is 15.9 Å². The van der Waals surface area contributed by atoms with Gasteiger partial charge in [0.25, 0.3) is 5.91 Å². The summed E-state index contributed by atoms with van der Waals surface area (Å²) in [5, 5.41) is 2.61. The smallest absolute Gasteiger partial charge is 0.340 e. The highest BCUT2D eigenvalue weighted by molar-refractivity contribution is 7.90. The SMILES string of the molecule is COc1ccc(C)cc1NC(=O)COC(=O)c1cc(S(C)(=O)=O)ccc1Cl. The number of halogens is 1. The van der Waals surface area contributed by atoms with Crippen LogP contribution >= 0.6 is 11.6 Å². The topological polar surface area (TPSA) is 98.8 Å². The number of rotatable bonds is 6. The van der Waals surface area contributed by atoms with Crippen molar-refractivity contribution < 1.29 is 27.5 Å².